The van der Waals surface area contributed by atoms with E-state index < -0.39 is 0 Å². The smallest absolute Gasteiger partial charge is 0.272 e. The molecule has 0 saturated heterocycles. The predicted molar refractivity (Wildman–Crippen MR) is 92.0 cm³/mol. The first-order valence-electron chi connectivity index (χ1n) is 7.82. The van der Waals surface area contributed by atoms with Crippen molar-refractivity contribution in [1.29, 1.82) is 0 Å². The molecule has 1 aliphatic heterocycles. The zero-order valence-electron chi connectivity index (χ0n) is 13.5. The summed E-state index contributed by atoms with van der Waals surface area (Å²) < 4.78 is 8.08. The van der Waals surface area contributed by atoms with Crippen LogP contribution in [-0.2, 0) is 17.7 Å². The number of nitrogens with one attached hydrogen (secondary N) is 2. The largest absolute Gasteiger partial charge is 0.369 e. The quantitative estimate of drug-likeness (QED) is 0.826. The lowest BCUT2D eigenvalue weighted by Crippen LogP contribution is -2.32. The van der Waals surface area contributed by atoms with Crippen molar-refractivity contribution in [2.24, 2.45) is 0 Å². The molecule has 3 heterocycles. The van der Waals surface area contributed by atoms with E-state index in [1.165, 1.54) is 6.07 Å². The number of amides is 1. The van der Waals surface area contributed by atoms with Crippen LogP contribution in [-0.4, -0.2) is 33.3 Å². The highest BCUT2D eigenvalue weighted by Crippen LogP contribution is 2.29. The van der Waals surface area contributed by atoms with Crippen LogP contribution in [0.15, 0.2) is 27.6 Å². The third-order valence-corrected chi connectivity index (χ3v) is 4.50. The molecule has 0 spiro atoms. The van der Waals surface area contributed by atoms with E-state index in [1.54, 1.807) is 16.8 Å². The van der Waals surface area contributed by atoms with E-state index in [4.69, 9.17) is 4.74 Å². The Labute approximate surface area is 147 Å². The van der Waals surface area contributed by atoms with Gasteiger partial charge in [0.25, 0.3) is 11.5 Å². The number of nitrogens with zero attached hydrogens (tertiary/aromatic N) is 2. The SMILES string of the molecule is C[C@@H]1Cc2c(C(=O)NCCn3cc(Br)ccc3=O)n[nH]c2[C@H](C)O1. The van der Waals surface area contributed by atoms with Crippen LogP contribution in [0.25, 0.3) is 0 Å². The van der Waals surface area contributed by atoms with Crippen molar-refractivity contribution in [3.8, 4) is 0 Å². The lowest BCUT2D eigenvalue weighted by molar-refractivity contribution is -0.00697. The average molecular weight is 395 g/mol. The van der Waals surface area contributed by atoms with Crippen molar-refractivity contribution < 1.29 is 9.53 Å². The van der Waals surface area contributed by atoms with Crippen LogP contribution in [0, 0.1) is 0 Å². The van der Waals surface area contributed by atoms with Gasteiger partial charge in [0.05, 0.1) is 17.9 Å². The first kappa shape index (κ1) is 16.9. The molecule has 0 fully saturated rings. The second-order valence-electron chi connectivity index (χ2n) is 5.89. The van der Waals surface area contributed by atoms with E-state index in [2.05, 4.69) is 31.4 Å². The third kappa shape index (κ3) is 3.44. The summed E-state index contributed by atoms with van der Waals surface area (Å²) in [4.78, 5) is 24.1. The fraction of sp³-hybridized carbons (Fsp3) is 0.438. The van der Waals surface area contributed by atoms with Gasteiger partial charge < -0.3 is 14.6 Å². The van der Waals surface area contributed by atoms with Crippen LogP contribution in [0.2, 0.25) is 0 Å². The molecule has 0 saturated carbocycles. The zero-order chi connectivity index (χ0) is 17.3. The van der Waals surface area contributed by atoms with Gasteiger partial charge in [-0.25, -0.2) is 0 Å². The van der Waals surface area contributed by atoms with Gasteiger partial charge in [0.1, 0.15) is 0 Å². The first-order valence-corrected chi connectivity index (χ1v) is 8.61. The van der Waals surface area contributed by atoms with Crippen molar-refractivity contribution in [1.82, 2.24) is 20.1 Å². The summed E-state index contributed by atoms with van der Waals surface area (Å²) in [6.45, 7) is 4.66. The summed E-state index contributed by atoms with van der Waals surface area (Å²) in [7, 11) is 0. The minimum absolute atomic E-state index is 0.0527. The molecule has 2 atom stereocenters. The number of pyridine rings is 1. The maximum Gasteiger partial charge on any atom is 0.272 e. The molecule has 0 bridgehead atoms. The van der Waals surface area contributed by atoms with Gasteiger partial charge >= 0.3 is 0 Å². The van der Waals surface area contributed by atoms with Crippen LogP contribution < -0.4 is 10.9 Å². The average Bonchev–Trinajstić information content (AvgIpc) is 2.94. The number of hydrogen-bond donors (Lipinski definition) is 2. The topological polar surface area (TPSA) is 89.0 Å². The Morgan fingerprint density at radius 2 is 2.29 bits per heavy atom. The molecule has 2 aromatic heterocycles. The van der Waals surface area contributed by atoms with Crippen molar-refractivity contribution in [3.05, 3.63) is 50.1 Å². The summed E-state index contributed by atoms with van der Waals surface area (Å²) in [6, 6.07) is 3.18. The number of ether oxygens (including phenoxy) is 1. The lowest BCUT2D eigenvalue weighted by Gasteiger charge is -2.25. The van der Waals surface area contributed by atoms with Gasteiger partial charge in [0, 0.05) is 41.8 Å². The molecular formula is C16H19BrN4O3. The maximum absolute atomic E-state index is 12.4. The minimum atomic E-state index is -0.239. The van der Waals surface area contributed by atoms with Gasteiger partial charge in [-0.3, -0.25) is 14.7 Å². The van der Waals surface area contributed by atoms with Gasteiger partial charge in [-0.15, -0.1) is 0 Å². The van der Waals surface area contributed by atoms with E-state index in [9.17, 15) is 9.59 Å². The summed E-state index contributed by atoms with van der Waals surface area (Å²) in [5, 5.41) is 9.87. The number of rotatable bonds is 4. The molecule has 0 unspecified atom stereocenters. The summed E-state index contributed by atoms with van der Waals surface area (Å²) in [5.74, 6) is -0.239. The molecule has 3 rings (SSSR count). The summed E-state index contributed by atoms with van der Waals surface area (Å²) >= 11 is 3.33. The highest BCUT2D eigenvalue weighted by atomic mass is 79.9. The van der Waals surface area contributed by atoms with E-state index >= 15 is 0 Å². The Bertz CT molecular complexity index is 814. The molecule has 8 heteroatoms. The number of H-pyrrole nitrogens is 1. The molecule has 2 aromatic rings. The Morgan fingerprint density at radius 1 is 1.50 bits per heavy atom. The molecule has 1 amide bonds. The van der Waals surface area contributed by atoms with Crippen molar-refractivity contribution in [2.45, 2.75) is 39.0 Å². The molecule has 7 nitrogen and oxygen atoms in total. The van der Waals surface area contributed by atoms with Crippen molar-refractivity contribution in [3.63, 3.8) is 0 Å². The Balaban J connectivity index is 1.66. The number of halogens is 1. The fourth-order valence-electron chi connectivity index (χ4n) is 2.91. The van der Waals surface area contributed by atoms with Gasteiger partial charge in [-0.1, -0.05) is 0 Å². The van der Waals surface area contributed by atoms with E-state index in [1.807, 2.05) is 13.8 Å². The Morgan fingerprint density at radius 3 is 3.08 bits per heavy atom. The monoisotopic (exact) mass is 394 g/mol. The number of carbonyl (C=O) groups excluding carboxylic acids is 1. The van der Waals surface area contributed by atoms with Crippen molar-refractivity contribution in [2.75, 3.05) is 6.54 Å². The third-order valence-electron chi connectivity index (χ3n) is 4.03. The van der Waals surface area contributed by atoms with Crippen LogP contribution in [0.4, 0.5) is 0 Å². The Kier molecular flexibility index (Phi) is 4.86. The first-order chi connectivity index (χ1) is 11.5. The molecule has 0 aromatic carbocycles. The molecular weight excluding hydrogens is 376 g/mol. The van der Waals surface area contributed by atoms with Gasteiger partial charge in [0.2, 0.25) is 0 Å². The molecule has 128 valence electrons. The van der Waals surface area contributed by atoms with Crippen molar-refractivity contribution >= 4 is 21.8 Å². The summed E-state index contributed by atoms with van der Waals surface area (Å²) in [6.07, 6.45) is 2.31. The number of carbonyl (C=O) groups is 1. The second-order valence-corrected chi connectivity index (χ2v) is 6.81. The molecule has 24 heavy (non-hydrogen) atoms. The lowest BCUT2D eigenvalue weighted by atomic mass is 9.99. The predicted octanol–water partition coefficient (Wildman–Crippen LogP) is 1.79. The number of aromatic amines is 1. The Hall–Kier alpha value is -1.93. The molecule has 1 aliphatic rings. The number of aromatic nitrogens is 3. The van der Waals surface area contributed by atoms with Crippen LogP contribution in [0.5, 0.6) is 0 Å². The van der Waals surface area contributed by atoms with Crippen LogP contribution in [0.3, 0.4) is 0 Å². The number of hydrogen-bond acceptors (Lipinski definition) is 4. The number of fused-ring (bicyclic) bond motifs is 1. The molecule has 0 aliphatic carbocycles. The van der Waals surface area contributed by atoms with Crippen LogP contribution in [0.1, 0.15) is 41.7 Å². The highest BCUT2D eigenvalue weighted by Gasteiger charge is 2.29. The zero-order valence-corrected chi connectivity index (χ0v) is 15.1. The van der Waals surface area contributed by atoms with E-state index in [-0.39, 0.29) is 23.7 Å². The summed E-state index contributed by atoms with van der Waals surface area (Å²) in [5.41, 5.74) is 2.08. The van der Waals surface area contributed by atoms with Crippen LogP contribution >= 0.6 is 15.9 Å². The van der Waals surface area contributed by atoms with E-state index in [0.717, 1.165) is 15.7 Å². The maximum atomic E-state index is 12.4. The highest BCUT2D eigenvalue weighted by molar-refractivity contribution is 9.10. The van der Waals surface area contributed by atoms with Gasteiger partial charge in [-0.2, -0.15) is 5.10 Å². The normalized spacial score (nSPS) is 19.8. The van der Waals surface area contributed by atoms with E-state index in [0.29, 0.717) is 25.2 Å². The van der Waals surface area contributed by atoms with Gasteiger partial charge in [0.15, 0.2) is 5.69 Å². The minimum Gasteiger partial charge on any atom is -0.369 e. The standard InChI is InChI=1S/C16H19BrN4O3/c1-9-7-12-14(10(2)24-9)19-20-15(12)16(23)18-5-6-21-8-11(17)3-4-13(21)22/h3-4,8-10H,5-7H2,1-2H3,(H,18,23)(H,19,20)/t9-,10+/m1/s1. The second kappa shape index (κ2) is 6.90. The fourth-order valence-corrected chi connectivity index (χ4v) is 3.29. The molecule has 2 N–H and O–H groups in total. The van der Waals surface area contributed by atoms with Gasteiger partial charge in [-0.05, 0) is 35.8 Å². The molecule has 0 radical (unpaired) electrons.